The van der Waals surface area contributed by atoms with Gasteiger partial charge in [0.15, 0.2) is 0 Å². The molecule has 22 heavy (non-hydrogen) atoms. The molecule has 0 radical (unpaired) electrons. The largest absolute Gasteiger partial charge is 0.404 e. The molecule has 1 spiro atoms. The Kier molecular flexibility index (Phi) is 3.01. The molecule has 1 fully saturated rings. The summed E-state index contributed by atoms with van der Waals surface area (Å²) < 4.78 is 79.1. The lowest BCUT2D eigenvalue weighted by molar-refractivity contribution is -0.235. The highest BCUT2D eigenvalue weighted by Gasteiger charge is 2.71. The summed E-state index contributed by atoms with van der Waals surface area (Å²) >= 11 is 0. The molecule has 120 valence electrons. The van der Waals surface area contributed by atoms with Crippen LogP contribution in [0.25, 0.3) is 0 Å². The van der Waals surface area contributed by atoms with E-state index in [4.69, 9.17) is 0 Å². The minimum Gasteiger partial charge on any atom is -0.325 e. The van der Waals surface area contributed by atoms with Crippen molar-refractivity contribution in [1.29, 1.82) is 0 Å². The van der Waals surface area contributed by atoms with Gasteiger partial charge < -0.3 is 10.6 Å². The predicted molar refractivity (Wildman–Crippen MR) is 64.1 cm³/mol. The van der Waals surface area contributed by atoms with Gasteiger partial charge >= 0.3 is 12.4 Å². The van der Waals surface area contributed by atoms with Gasteiger partial charge in [0, 0.05) is 12.2 Å². The number of carbonyl (C=O) groups excluding carboxylic acids is 1. The summed E-state index contributed by atoms with van der Waals surface area (Å²) in [6, 6.07) is 2.70. The lowest BCUT2D eigenvalue weighted by atomic mass is 9.70. The van der Waals surface area contributed by atoms with Crippen LogP contribution < -0.4 is 10.6 Å². The minimum absolute atomic E-state index is 0.0541. The molecule has 1 unspecified atom stereocenters. The minimum atomic E-state index is -5.18. The smallest absolute Gasteiger partial charge is 0.325 e. The van der Waals surface area contributed by atoms with E-state index in [2.05, 4.69) is 5.32 Å². The first-order valence-corrected chi connectivity index (χ1v) is 6.36. The summed E-state index contributed by atoms with van der Waals surface area (Å²) in [5, 5.41) is 4.11. The van der Waals surface area contributed by atoms with Crippen molar-refractivity contribution in [1.82, 2.24) is 5.32 Å². The van der Waals surface area contributed by atoms with E-state index in [1.807, 2.05) is 5.32 Å². The summed E-state index contributed by atoms with van der Waals surface area (Å²) in [7, 11) is 0. The first-order chi connectivity index (χ1) is 10.1. The second-order valence-corrected chi connectivity index (χ2v) is 5.39. The molecule has 1 aromatic carbocycles. The van der Waals surface area contributed by atoms with Crippen LogP contribution in [0.15, 0.2) is 24.3 Å². The number of rotatable bonds is 0. The van der Waals surface area contributed by atoms with Crippen LogP contribution in [0.3, 0.4) is 0 Å². The van der Waals surface area contributed by atoms with Gasteiger partial charge in [0.1, 0.15) is 11.5 Å². The number of anilines is 1. The third-order valence-electron chi connectivity index (χ3n) is 4.23. The van der Waals surface area contributed by atoms with Crippen LogP contribution >= 0.6 is 0 Å². The zero-order valence-corrected chi connectivity index (χ0v) is 10.8. The van der Waals surface area contributed by atoms with Crippen LogP contribution in [0.2, 0.25) is 0 Å². The molecule has 2 aliphatic heterocycles. The zero-order chi connectivity index (χ0) is 16.3. The number of carbonyl (C=O) groups is 1. The average molecular weight is 324 g/mol. The summed E-state index contributed by atoms with van der Waals surface area (Å²) in [6.07, 6.45) is -10.3. The maximum Gasteiger partial charge on any atom is 0.404 e. The van der Waals surface area contributed by atoms with Gasteiger partial charge in [-0.2, -0.15) is 26.3 Å². The van der Waals surface area contributed by atoms with Crippen molar-refractivity contribution in [3.05, 3.63) is 29.8 Å². The summed E-state index contributed by atoms with van der Waals surface area (Å²) in [4.78, 5) is 12.2. The molecule has 2 N–H and O–H groups in total. The maximum absolute atomic E-state index is 13.4. The van der Waals surface area contributed by atoms with Gasteiger partial charge in [-0.15, -0.1) is 0 Å². The normalized spacial score (nSPS) is 31.5. The molecule has 1 saturated heterocycles. The van der Waals surface area contributed by atoms with Crippen LogP contribution in [0.4, 0.5) is 32.0 Å². The number of para-hydroxylation sites is 1. The van der Waals surface area contributed by atoms with Gasteiger partial charge in [-0.3, -0.25) is 4.79 Å². The van der Waals surface area contributed by atoms with E-state index >= 15 is 0 Å². The predicted octanol–water partition coefficient (Wildman–Crippen LogP) is 2.59. The number of benzene rings is 1. The molecular weight excluding hydrogens is 314 g/mol. The molecule has 9 heteroatoms. The van der Waals surface area contributed by atoms with Crippen molar-refractivity contribution in [3.8, 4) is 0 Å². The van der Waals surface area contributed by atoms with E-state index in [0.717, 1.165) is 0 Å². The molecule has 0 saturated carbocycles. The summed E-state index contributed by atoms with van der Waals surface area (Å²) in [5.74, 6) is -3.93. The van der Waals surface area contributed by atoms with E-state index in [1.54, 1.807) is 0 Å². The molecule has 3 rings (SSSR count). The SMILES string of the molecule is O=C1Nc2ccccc2[C@@]12CN[C@H](C(F)(F)F)C2C(F)(F)F. The van der Waals surface area contributed by atoms with Crippen LogP contribution in [0.5, 0.6) is 0 Å². The maximum atomic E-state index is 13.4. The third kappa shape index (κ3) is 1.91. The topological polar surface area (TPSA) is 41.1 Å². The summed E-state index contributed by atoms with van der Waals surface area (Å²) in [5.41, 5.74) is -2.23. The summed E-state index contributed by atoms with van der Waals surface area (Å²) in [6.45, 7) is -0.718. The van der Waals surface area contributed by atoms with Crippen molar-refractivity contribution in [2.45, 2.75) is 23.8 Å². The lowest BCUT2D eigenvalue weighted by Crippen LogP contribution is -2.53. The number of fused-ring (bicyclic) bond motifs is 2. The van der Waals surface area contributed by atoms with E-state index in [9.17, 15) is 31.1 Å². The van der Waals surface area contributed by atoms with Gasteiger partial charge in [-0.25, -0.2) is 0 Å². The Morgan fingerprint density at radius 1 is 1.05 bits per heavy atom. The number of halogens is 6. The zero-order valence-electron chi connectivity index (χ0n) is 10.8. The number of hydrogen-bond donors (Lipinski definition) is 2. The second-order valence-electron chi connectivity index (χ2n) is 5.39. The monoisotopic (exact) mass is 324 g/mol. The van der Waals surface area contributed by atoms with Crippen molar-refractivity contribution >= 4 is 11.6 Å². The van der Waals surface area contributed by atoms with Crippen molar-refractivity contribution in [2.75, 3.05) is 11.9 Å². The van der Waals surface area contributed by atoms with Crippen LogP contribution in [-0.2, 0) is 10.2 Å². The molecule has 2 aliphatic rings. The highest BCUT2D eigenvalue weighted by Crippen LogP contribution is 2.55. The number of alkyl halides is 6. The molecule has 0 bridgehead atoms. The lowest BCUT2D eigenvalue weighted by Gasteiger charge is -2.33. The fourth-order valence-corrected chi connectivity index (χ4v) is 3.38. The Bertz CT molecular complexity index is 626. The third-order valence-corrected chi connectivity index (χ3v) is 4.23. The van der Waals surface area contributed by atoms with Crippen LogP contribution in [0, 0.1) is 5.92 Å². The van der Waals surface area contributed by atoms with Crippen LogP contribution in [0.1, 0.15) is 5.56 Å². The highest BCUT2D eigenvalue weighted by atomic mass is 19.4. The van der Waals surface area contributed by atoms with Gasteiger partial charge in [-0.05, 0) is 11.6 Å². The Morgan fingerprint density at radius 3 is 2.27 bits per heavy atom. The van der Waals surface area contributed by atoms with Crippen molar-refractivity contribution in [3.63, 3.8) is 0 Å². The molecular formula is C13H10F6N2O. The first kappa shape index (κ1) is 15.1. The molecule has 0 aromatic heterocycles. The van der Waals surface area contributed by atoms with Gasteiger partial charge in [-0.1, -0.05) is 18.2 Å². The molecule has 1 amide bonds. The number of hydrogen-bond acceptors (Lipinski definition) is 2. The van der Waals surface area contributed by atoms with E-state index in [1.165, 1.54) is 24.3 Å². The quantitative estimate of drug-likeness (QED) is 0.720. The van der Waals surface area contributed by atoms with Crippen LogP contribution in [-0.4, -0.2) is 30.8 Å². The van der Waals surface area contributed by atoms with Gasteiger partial charge in [0.25, 0.3) is 0 Å². The molecule has 3 nitrogen and oxygen atoms in total. The fourth-order valence-electron chi connectivity index (χ4n) is 3.38. The molecule has 0 aliphatic carbocycles. The Morgan fingerprint density at radius 2 is 1.68 bits per heavy atom. The highest BCUT2D eigenvalue weighted by molar-refractivity contribution is 6.07. The van der Waals surface area contributed by atoms with Crippen molar-refractivity contribution < 1.29 is 31.1 Å². The fraction of sp³-hybridized carbons (Fsp3) is 0.462. The Balaban J connectivity index is 2.20. The molecule has 2 heterocycles. The number of nitrogens with one attached hydrogen (secondary N) is 2. The Hall–Kier alpha value is -1.77. The van der Waals surface area contributed by atoms with Gasteiger partial charge in [0.2, 0.25) is 5.91 Å². The van der Waals surface area contributed by atoms with Crippen molar-refractivity contribution in [2.24, 2.45) is 5.92 Å². The second kappa shape index (κ2) is 4.37. The first-order valence-electron chi connectivity index (χ1n) is 6.36. The Labute approximate surface area is 120 Å². The van der Waals surface area contributed by atoms with Gasteiger partial charge in [0.05, 0.1) is 5.92 Å². The number of amides is 1. The van der Waals surface area contributed by atoms with E-state index in [0.29, 0.717) is 0 Å². The average Bonchev–Trinajstić information content (AvgIpc) is 2.91. The molecule has 3 atom stereocenters. The standard InChI is InChI=1S/C13H10F6N2O/c14-12(15,16)8-9(13(17,18)19)20-5-11(8)6-3-1-2-4-7(6)21-10(11)22/h1-4,8-9,20H,5H2,(H,21,22)/t8?,9-,11+/m0/s1. The molecule has 1 aromatic rings. The van der Waals surface area contributed by atoms with E-state index < -0.39 is 42.2 Å². The van der Waals surface area contributed by atoms with E-state index in [-0.39, 0.29) is 11.3 Å².